The molecule has 0 bridgehead atoms. The Hall–Kier alpha value is -3.03. The molecule has 34 heavy (non-hydrogen) atoms. The molecule has 1 saturated heterocycles. The van der Waals surface area contributed by atoms with Crippen molar-refractivity contribution in [1.82, 2.24) is 4.90 Å². The van der Waals surface area contributed by atoms with E-state index in [1.807, 2.05) is 67.6 Å². The molecule has 2 saturated carbocycles. The van der Waals surface area contributed by atoms with Crippen LogP contribution >= 0.6 is 0 Å². The number of benzene rings is 2. The second-order valence-electron chi connectivity index (χ2n) is 9.63. The van der Waals surface area contributed by atoms with E-state index in [1.165, 1.54) is 4.90 Å². The molecule has 5 rings (SSSR count). The van der Waals surface area contributed by atoms with E-state index in [2.05, 4.69) is 5.16 Å². The number of nitrogens with zero attached hydrogens (tertiary/aromatic N) is 2. The standard InChI is InChI=1S/C27H30N2O5/c1-16(18-10-6-3-7-11-18)29-26(32)20-13-12-19-21(28-34-15-17-8-4-2-5-9-17)14-22(30)25(31)23(19)24(20)27(29)33/h2-11,16,19-20,22-25,30-31H,12-15H2,1H3/b28-21+/t16-,19+,20+,22+,23-,24+,25+/m0/s1. The molecule has 1 aliphatic heterocycles. The van der Waals surface area contributed by atoms with E-state index in [4.69, 9.17) is 4.84 Å². The number of likely N-dealkylation sites (tertiary alicyclic amines) is 1. The van der Waals surface area contributed by atoms with Crippen molar-refractivity contribution in [3.8, 4) is 0 Å². The molecular formula is C27H30N2O5. The molecule has 2 amide bonds. The van der Waals surface area contributed by atoms with Gasteiger partial charge in [-0.15, -0.1) is 0 Å². The number of carbonyl (C=O) groups excluding carboxylic acids is 2. The van der Waals surface area contributed by atoms with E-state index in [1.54, 1.807) is 0 Å². The Balaban J connectivity index is 1.39. The maximum atomic E-state index is 13.6. The van der Waals surface area contributed by atoms with Gasteiger partial charge in [-0.3, -0.25) is 14.5 Å². The van der Waals surface area contributed by atoms with Gasteiger partial charge in [0.15, 0.2) is 0 Å². The topological polar surface area (TPSA) is 99.4 Å². The first kappa shape index (κ1) is 22.7. The molecule has 178 valence electrons. The molecule has 3 fully saturated rings. The second-order valence-corrected chi connectivity index (χ2v) is 9.63. The van der Waals surface area contributed by atoms with E-state index in [0.29, 0.717) is 25.2 Å². The van der Waals surface area contributed by atoms with Crippen LogP contribution < -0.4 is 0 Å². The van der Waals surface area contributed by atoms with Crippen molar-refractivity contribution in [1.29, 1.82) is 0 Å². The summed E-state index contributed by atoms with van der Waals surface area (Å²) in [5.74, 6) is -2.37. The summed E-state index contributed by atoms with van der Waals surface area (Å²) < 4.78 is 0. The van der Waals surface area contributed by atoms with Crippen LogP contribution in [-0.2, 0) is 21.0 Å². The molecule has 3 aliphatic rings. The highest BCUT2D eigenvalue weighted by atomic mass is 16.6. The summed E-state index contributed by atoms with van der Waals surface area (Å²) in [6, 6.07) is 18.8. The second kappa shape index (κ2) is 9.31. The number of oxime groups is 1. The predicted molar refractivity (Wildman–Crippen MR) is 125 cm³/mol. The van der Waals surface area contributed by atoms with Crippen LogP contribution in [0.4, 0.5) is 0 Å². The number of hydrogen-bond donors (Lipinski definition) is 2. The Morgan fingerprint density at radius 3 is 2.32 bits per heavy atom. The van der Waals surface area contributed by atoms with Crippen LogP contribution in [0, 0.1) is 23.7 Å². The molecule has 1 heterocycles. The predicted octanol–water partition coefficient (Wildman–Crippen LogP) is 3.07. The van der Waals surface area contributed by atoms with E-state index in [-0.39, 0.29) is 24.2 Å². The van der Waals surface area contributed by atoms with Crippen LogP contribution in [0.5, 0.6) is 0 Å². The molecule has 2 aromatic rings. The van der Waals surface area contributed by atoms with Crippen LogP contribution in [0.1, 0.15) is 43.4 Å². The molecule has 0 unspecified atom stereocenters. The molecule has 0 spiro atoms. The lowest BCUT2D eigenvalue weighted by Gasteiger charge is -2.45. The third-order valence-electron chi connectivity index (χ3n) is 7.74. The van der Waals surface area contributed by atoms with E-state index in [9.17, 15) is 19.8 Å². The van der Waals surface area contributed by atoms with Crippen molar-refractivity contribution in [3.05, 3.63) is 71.8 Å². The van der Waals surface area contributed by atoms with Gasteiger partial charge >= 0.3 is 0 Å². The van der Waals surface area contributed by atoms with Crippen molar-refractivity contribution in [2.75, 3.05) is 0 Å². The quantitative estimate of drug-likeness (QED) is 0.526. The number of amides is 2. The first-order valence-corrected chi connectivity index (χ1v) is 12.0. The van der Waals surface area contributed by atoms with Gasteiger partial charge in [-0.1, -0.05) is 65.8 Å². The summed E-state index contributed by atoms with van der Waals surface area (Å²) in [5.41, 5.74) is 2.53. The number of hydrogen-bond acceptors (Lipinski definition) is 6. The third kappa shape index (κ3) is 3.93. The number of fused-ring (bicyclic) bond motifs is 3. The average molecular weight is 463 g/mol. The zero-order valence-electron chi connectivity index (χ0n) is 19.2. The fourth-order valence-corrected chi connectivity index (χ4v) is 6.02. The Morgan fingerprint density at radius 2 is 1.62 bits per heavy atom. The van der Waals surface area contributed by atoms with Crippen LogP contribution in [0.25, 0.3) is 0 Å². The van der Waals surface area contributed by atoms with Gasteiger partial charge < -0.3 is 15.1 Å². The molecule has 2 N–H and O–H groups in total. The molecular weight excluding hydrogens is 432 g/mol. The Bertz CT molecular complexity index is 1070. The van der Waals surface area contributed by atoms with Gasteiger partial charge in [0.05, 0.1) is 35.8 Å². The highest BCUT2D eigenvalue weighted by molar-refractivity contribution is 6.06. The molecule has 0 aromatic heterocycles. The molecule has 7 atom stereocenters. The molecule has 7 nitrogen and oxygen atoms in total. The maximum Gasteiger partial charge on any atom is 0.234 e. The lowest BCUT2D eigenvalue weighted by molar-refractivity contribution is -0.144. The summed E-state index contributed by atoms with van der Waals surface area (Å²) in [4.78, 5) is 33.9. The minimum Gasteiger partial charge on any atom is -0.391 e. The monoisotopic (exact) mass is 462 g/mol. The van der Waals surface area contributed by atoms with Gasteiger partial charge in [0, 0.05) is 18.3 Å². The SMILES string of the molecule is C[C@@H](c1ccccc1)N1C(=O)[C@H]2[C@H]3[C@H](O)[C@H](O)C/C(=N\OCc4ccccc4)[C@H]3CC[C@H]2C1=O. The van der Waals surface area contributed by atoms with Crippen molar-refractivity contribution in [2.45, 2.75) is 51.0 Å². The normalized spacial score (nSPS) is 32.9. The lowest BCUT2D eigenvalue weighted by atomic mass is 9.60. The van der Waals surface area contributed by atoms with Gasteiger partial charge in [-0.05, 0) is 30.9 Å². The molecule has 2 aliphatic carbocycles. The van der Waals surface area contributed by atoms with Gasteiger partial charge in [0.1, 0.15) is 6.61 Å². The fraction of sp³-hybridized carbons (Fsp3) is 0.444. The smallest absolute Gasteiger partial charge is 0.234 e. The highest BCUT2D eigenvalue weighted by Gasteiger charge is 2.60. The van der Waals surface area contributed by atoms with Crippen molar-refractivity contribution < 1.29 is 24.6 Å². The third-order valence-corrected chi connectivity index (χ3v) is 7.74. The lowest BCUT2D eigenvalue weighted by Crippen LogP contribution is -2.54. The zero-order chi connectivity index (χ0) is 23.8. The van der Waals surface area contributed by atoms with Crippen LogP contribution in [0.2, 0.25) is 0 Å². The summed E-state index contributed by atoms with van der Waals surface area (Å²) in [7, 11) is 0. The number of aliphatic hydroxyl groups is 2. The summed E-state index contributed by atoms with van der Waals surface area (Å²) >= 11 is 0. The first-order valence-electron chi connectivity index (χ1n) is 12.0. The maximum absolute atomic E-state index is 13.6. The molecule has 7 heteroatoms. The Labute approximate surface area is 199 Å². The van der Waals surface area contributed by atoms with Gasteiger partial charge in [-0.2, -0.15) is 0 Å². The summed E-state index contributed by atoms with van der Waals surface area (Å²) in [6.45, 7) is 2.16. The summed E-state index contributed by atoms with van der Waals surface area (Å²) in [6.07, 6.45) is -0.775. The molecule has 2 aromatic carbocycles. The number of aliphatic hydroxyl groups excluding tert-OH is 2. The Morgan fingerprint density at radius 1 is 0.971 bits per heavy atom. The van der Waals surface area contributed by atoms with Crippen LogP contribution in [0.3, 0.4) is 0 Å². The zero-order valence-corrected chi connectivity index (χ0v) is 19.2. The largest absolute Gasteiger partial charge is 0.391 e. The summed E-state index contributed by atoms with van der Waals surface area (Å²) in [5, 5.41) is 25.9. The Kier molecular flexibility index (Phi) is 6.23. The van der Waals surface area contributed by atoms with E-state index >= 15 is 0 Å². The first-order chi connectivity index (χ1) is 16.5. The van der Waals surface area contributed by atoms with Crippen LogP contribution in [-0.4, -0.2) is 44.8 Å². The van der Waals surface area contributed by atoms with Crippen molar-refractivity contribution in [2.24, 2.45) is 28.8 Å². The fourth-order valence-electron chi connectivity index (χ4n) is 6.02. The highest BCUT2D eigenvalue weighted by Crippen LogP contribution is 2.51. The van der Waals surface area contributed by atoms with Crippen LogP contribution in [0.15, 0.2) is 65.8 Å². The number of carbonyl (C=O) groups is 2. The minimum atomic E-state index is -1.09. The van der Waals surface area contributed by atoms with Gasteiger partial charge in [0.25, 0.3) is 0 Å². The molecule has 0 radical (unpaired) electrons. The number of imide groups is 1. The average Bonchev–Trinajstić information content (AvgIpc) is 3.12. The van der Waals surface area contributed by atoms with Gasteiger partial charge in [0.2, 0.25) is 11.8 Å². The van der Waals surface area contributed by atoms with Crippen molar-refractivity contribution >= 4 is 17.5 Å². The number of rotatable bonds is 5. The van der Waals surface area contributed by atoms with E-state index in [0.717, 1.165) is 11.1 Å². The van der Waals surface area contributed by atoms with Gasteiger partial charge in [-0.25, -0.2) is 0 Å². The minimum absolute atomic E-state index is 0.184. The van der Waals surface area contributed by atoms with E-state index < -0.39 is 36.0 Å². The van der Waals surface area contributed by atoms with Crippen molar-refractivity contribution in [3.63, 3.8) is 0 Å².